The Labute approximate surface area is 172 Å². The summed E-state index contributed by atoms with van der Waals surface area (Å²) in [4.78, 5) is 0. The predicted octanol–water partition coefficient (Wildman–Crippen LogP) is 4.70. The van der Waals surface area contributed by atoms with Gasteiger partial charge in [0.25, 0.3) is 0 Å². The van der Waals surface area contributed by atoms with Gasteiger partial charge in [0.15, 0.2) is 5.79 Å². The molecular weight excluding hydrogens is 426 g/mol. The second-order valence-corrected chi connectivity index (χ2v) is 11.8. The van der Waals surface area contributed by atoms with Gasteiger partial charge in [-0.3, -0.25) is 0 Å². The summed E-state index contributed by atoms with van der Waals surface area (Å²) in [6.07, 6.45) is 6.93. The average Bonchev–Trinajstić information content (AvgIpc) is 3.18. The van der Waals surface area contributed by atoms with E-state index in [9.17, 15) is 4.21 Å². The molecule has 0 amide bonds. The molecule has 2 spiro atoms. The van der Waals surface area contributed by atoms with Crippen LogP contribution in [0.5, 0.6) is 0 Å². The third-order valence-electron chi connectivity index (χ3n) is 6.11. The van der Waals surface area contributed by atoms with Crippen LogP contribution in [0.2, 0.25) is 0 Å². The van der Waals surface area contributed by atoms with Gasteiger partial charge >= 0.3 is 0 Å². The van der Waals surface area contributed by atoms with Gasteiger partial charge in [-0.1, -0.05) is 22.0 Å². The van der Waals surface area contributed by atoms with E-state index >= 15 is 0 Å². The second kappa shape index (κ2) is 6.97. The Morgan fingerprint density at radius 3 is 2.44 bits per heavy atom. The van der Waals surface area contributed by atoms with Gasteiger partial charge in [0, 0.05) is 28.9 Å². The van der Waals surface area contributed by atoms with Crippen molar-refractivity contribution in [1.82, 2.24) is 4.72 Å². The number of ether oxygens (including phenoxy) is 2. The molecule has 1 saturated carbocycles. The zero-order valence-corrected chi connectivity index (χ0v) is 18.7. The minimum absolute atomic E-state index is 0.0682. The minimum Gasteiger partial charge on any atom is -0.348 e. The van der Waals surface area contributed by atoms with Gasteiger partial charge in [-0.05, 0) is 68.9 Å². The summed E-state index contributed by atoms with van der Waals surface area (Å²) >= 11 is 3.62. The van der Waals surface area contributed by atoms with Crippen LogP contribution in [0.25, 0.3) is 5.57 Å². The lowest BCUT2D eigenvalue weighted by molar-refractivity contribution is -0.186. The van der Waals surface area contributed by atoms with E-state index in [4.69, 9.17) is 9.47 Å². The van der Waals surface area contributed by atoms with Gasteiger partial charge in [-0.25, -0.2) is 4.21 Å². The highest BCUT2D eigenvalue weighted by Crippen LogP contribution is 2.57. The number of benzene rings is 1. The van der Waals surface area contributed by atoms with Crippen molar-refractivity contribution in [3.63, 3.8) is 0 Å². The summed E-state index contributed by atoms with van der Waals surface area (Å²) in [5.74, 6) is -0.368. The molecule has 148 valence electrons. The van der Waals surface area contributed by atoms with Crippen molar-refractivity contribution < 1.29 is 13.7 Å². The number of halogens is 1. The fraction of sp³-hybridized carbons (Fsp3) is 0.619. The Balaban J connectivity index is 1.65. The van der Waals surface area contributed by atoms with Gasteiger partial charge in [-0.15, -0.1) is 0 Å². The van der Waals surface area contributed by atoms with Crippen molar-refractivity contribution in [1.29, 1.82) is 0 Å². The molecule has 1 aromatic carbocycles. The molecule has 27 heavy (non-hydrogen) atoms. The summed E-state index contributed by atoms with van der Waals surface area (Å²) in [6.45, 7) is 7.37. The van der Waals surface area contributed by atoms with Crippen LogP contribution in [-0.4, -0.2) is 28.0 Å². The smallest absolute Gasteiger partial charge is 0.168 e. The lowest BCUT2D eigenvalue weighted by atomic mass is 9.68. The molecule has 2 fully saturated rings. The van der Waals surface area contributed by atoms with Crippen molar-refractivity contribution in [2.45, 2.75) is 63.4 Å². The third kappa shape index (κ3) is 3.66. The summed E-state index contributed by atoms with van der Waals surface area (Å²) < 4.78 is 28.4. The number of hydrogen-bond donors (Lipinski definition) is 1. The highest BCUT2D eigenvalue weighted by Gasteiger charge is 2.50. The van der Waals surface area contributed by atoms with Crippen LogP contribution >= 0.6 is 15.9 Å². The number of hydrogen-bond acceptors (Lipinski definition) is 3. The van der Waals surface area contributed by atoms with E-state index in [1.54, 1.807) is 0 Å². The lowest BCUT2D eigenvalue weighted by Gasteiger charge is -2.42. The van der Waals surface area contributed by atoms with Crippen molar-refractivity contribution in [3.05, 3.63) is 40.0 Å². The van der Waals surface area contributed by atoms with Crippen LogP contribution in [0.1, 0.15) is 57.6 Å². The molecule has 3 aliphatic rings. The SMILES string of the molecule is CC(C)(C)S(=O)NC=C1c2cc(Br)ccc2CC12CCC1(CC2)OCCO1. The molecular formula is C21H28BrNO3S. The first-order valence-electron chi connectivity index (χ1n) is 9.69. The summed E-state index contributed by atoms with van der Waals surface area (Å²) in [6, 6.07) is 6.53. The maximum Gasteiger partial charge on any atom is 0.168 e. The Morgan fingerprint density at radius 2 is 1.81 bits per heavy atom. The predicted molar refractivity (Wildman–Crippen MR) is 112 cm³/mol. The molecule has 6 heteroatoms. The van der Waals surface area contributed by atoms with E-state index in [-0.39, 0.29) is 15.9 Å². The maximum atomic E-state index is 12.6. The minimum atomic E-state index is -1.13. The maximum absolute atomic E-state index is 12.6. The number of nitrogens with one attached hydrogen (secondary N) is 1. The third-order valence-corrected chi connectivity index (χ3v) is 8.05. The molecule has 1 aliphatic heterocycles. The molecule has 1 saturated heterocycles. The van der Waals surface area contributed by atoms with Gasteiger partial charge in [0.05, 0.1) is 18.0 Å². The number of fused-ring (bicyclic) bond motifs is 1. The highest BCUT2D eigenvalue weighted by atomic mass is 79.9. The topological polar surface area (TPSA) is 47.6 Å². The van der Waals surface area contributed by atoms with E-state index in [1.165, 1.54) is 16.7 Å². The Bertz CT molecular complexity index is 783. The second-order valence-electron chi connectivity index (χ2n) is 8.92. The van der Waals surface area contributed by atoms with Crippen LogP contribution in [-0.2, 0) is 26.9 Å². The van der Waals surface area contributed by atoms with Crippen molar-refractivity contribution in [2.75, 3.05) is 13.2 Å². The molecule has 4 nitrogen and oxygen atoms in total. The van der Waals surface area contributed by atoms with Gasteiger partial charge in [-0.2, -0.15) is 0 Å². The zero-order valence-electron chi connectivity index (χ0n) is 16.3. The molecule has 2 aliphatic carbocycles. The lowest BCUT2D eigenvalue weighted by Crippen LogP contribution is -2.40. The van der Waals surface area contributed by atoms with E-state index in [0.29, 0.717) is 13.2 Å². The van der Waals surface area contributed by atoms with Crippen molar-refractivity contribution >= 4 is 32.5 Å². The summed E-state index contributed by atoms with van der Waals surface area (Å²) in [5.41, 5.74) is 3.99. The van der Waals surface area contributed by atoms with Crippen LogP contribution in [0.3, 0.4) is 0 Å². The molecule has 1 N–H and O–H groups in total. The quantitative estimate of drug-likeness (QED) is 0.705. The number of rotatable bonds is 2. The van der Waals surface area contributed by atoms with E-state index in [0.717, 1.165) is 36.6 Å². The summed E-state index contributed by atoms with van der Waals surface area (Å²) in [5, 5.41) is 0. The Kier molecular flexibility index (Phi) is 5.07. The number of allylic oxidation sites excluding steroid dienone is 1. The largest absolute Gasteiger partial charge is 0.348 e. The highest BCUT2D eigenvalue weighted by molar-refractivity contribution is 9.10. The molecule has 1 heterocycles. The van der Waals surface area contributed by atoms with Crippen molar-refractivity contribution in [3.8, 4) is 0 Å². The molecule has 1 atom stereocenters. The molecule has 0 radical (unpaired) electrons. The molecule has 1 aromatic rings. The van der Waals surface area contributed by atoms with Crippen LogP contribution in [0.15, 0.2) is 28.9 Å². The van der Waals surface area contributed by atoms with Crippen LogP contribution in [0, 0.1) is 5.41 Å². The zero-order chi connectivity index (χ0) is 19.3. The monoisotopic (exact) mass is 453 g/mol. The van der Waals surface area contributed by atoms with Crippen LogP contribution in [0.4, 0.5) is 0 Å². The Morgan fingerprint density at radius 1 is 1.15 bits per heavy atom. The normalized spacial score (nSPS) is 25.9. The first-order chi connectivity index (χ1) is 12.7. The van der Waals surface area contributed by atoms with Gasteiger partial charge < -0.3 is 14.2 Å². The molecule has 0 bridgehead atoms. The fourth-order valence-corrected chi connectivity index (χ4v) is 5.50. The molecule has 1 unspecified atom stereocenters. The van der Waals surface area contributed by atoms with E-state index in [1.807, 2.05) is 27.0 Å². The van der Waals surface area contributed by atoms with Gasteiger partial charge in [0.1, 0.15) is 11.0 Å². The fourth-order valence-electron chi connectivity index (χ4n) is 4.56. The van der Waals surface area contributed by atoms with E-state index in [2.05, 4.69) is 38.9 Å². The molecule has 4 rings (SSSR count). The Hall–Kier alpha value is -0.690. The van der Waals surface area contributed by atoms with Gasteiger partial charge in [0.2, 0.25) is 0 Å². The first-order valence-corrected chi connectivity index (χ1v) is 11.6. The molecule has 0 aromatic heterocycles. The van der Waals surface area contributed by atoms with Crippen LogP contribution < -0.4 is 4.72 Å². The average molecular weight is 454 g/mol. The standard InChI is InChI=1S/C21H28BrNO3S/c1-19(2,3)27(24)23-14-18-17-12-16(22)5-4-15(17)13-20(18)6-8-21(9-7-20)25-10-11-26-21/h4-5,12,14,23H,6-11,13H2,1-3H3. The van der Waals surface area contributed by atoms with Crippen molar-refractivity contribution in [2.24, 2.45) is 5.41 Å². The van der Waals surface area contributed by atoms with E-state index < -0.39 is 11.0 Å². The first kappa shape index (κ1) is 19.6. The summed E-state index contributed by atoms with van der Waals surface area (Å²) in [7, 11) is -1.13.